The van der Waals surface area contributed by atoms with Gasteiger partial charge in [0.05, 0.1) is 6.61 Å². The van der Waals surface area contributed by atoms with E-state index in [1.807, 2.05) is 26.0 Å². The van der Waals surface area contributed by atoms with E-state index in [0.29, 0.717) is 43.5 Å². The van der Waals surface area contributed by atoms with E-state index in [0.717, 1.165) is 17.8 Å². The maximum Gasteiger partial charge on any atom is 0.409 e. The normalized spacial score (nSPS) is 29.7. The van der Waals surface area contributed by atoms with Crippen molar-refractivity contribution in [2.75, 3.05) is 19.7 Å². The van der Waals surface area contributed by atoms with Crippen LogP contribution in [0.25, 0.3) is 0 Å². The van der Waals surface area contributed by atoms with E-state index in [2.05, 4.69) is 22.8 Å². The highest BCUT2D eigenvalue weighted by Crippen LogP contribution is 2.60. The van der Waals surface area contributed by atoms with E-state index in [1.165, 1.54) is 44.1 Å². The molecule has 6 rings (SSSR count). The first-order chi connectivity index (χ1) is 17.8. The molecule has 1 heterocycles. The van der Waals surface area contributed by atoms with Gasteiger partial charge in [-0.05, 0) is 105 Å². The number of likely N-dealkylation sites (tertiary alicyclic amines) is 1. The van der Waals surface area contributed by atoms with E-state index >= 15 is 0 Å². The van der Waals surface area contributed by atoms with Gasteiger partial charge in [0, 0.05) is 24.7 Å². The molecule has 1 aromatic carbocycles. The Hall–Kier alpha value is -2.57. The van der Waals surface area contributed by atoms with Crippen molar-refractivity contribution < 1.29 is 19.1 Å². The summed E-state index contributed by atoms with van der Waals surface area (Å²) < 4.78 is 5.07. The molecule has 0 spiro atoms. The summed E-state index contributed by atoms with van der Waals surface area (Å²) in [5.74, 6) is 2.24. The third kappa shape index (κ3) is 5.51. The van der Waals surface area contributed by atoms with Crippen LogP contribution in [-0.4, -0.2) is 54.6 Å². The van der Waals surface area contributed by atoms with Crippen molar-refractivity contribution in [1.82, 2.24) is 15.5 Å². The Morgan fingerprint density at radius 1 is 0.973 bits per heavy atom. The van der Waals surface area contributed by atoms with Crippen molar-refractivity contribution in [2.24, 2.45) is 23.7 Å². The number of nitrogens with zero attached hydrogens (tertiary/aromatic N) is 1. The van der Waals surface area contributed by atoms with Crippen LogP contribution >= 0.6 is 0 Å². The van der Waals surface area contributed by atoms with Gasteiger partial charge in [0.1, 0.15) is 6.04 Å². The fraction of sp³-hybridized carbons (Fsp3) is 0.700. The second kappa shape index (κ2) is 10.7. The van der Waals surface area contributed by atoms with Gasteiger partial charge in [0.2, 0.25) is 5.91 Å². The Bertz CT molecular complexity index is 961. The molecule has 5 aliphatic rings. The molecule has 1 aliphatic heterocycles. The van der Waals surface area contributed by atoms with Crippen molar-refractivity contribution in [1.29, 1.82) is 0 Å². The highest BCUT2D eigenvalue weighted by Gasteiger charge is 2.51. The van der Waals surface area contributed by atoms with Crippen LogP contribution in [0.15, 0.2) is 24.3 Å². The van der Waals surface area contributed by atoms with Crippen LogP contribution in [0.5, 0.6) is 0 Å². The van der Waals surface area contributed by atoms with Crippen LogP contribution in [-0.2, 0) is 14.9 Å². The molecule has 37 heavy (non-hydrogen) atoms. The number of hydrogen-bond acceptors (Lipinski definition) is 4. The summed E-state index contributed by atoms with van der Waals surface area (Å²) in [7, 11) is 0. The summed E-state index contributed by atoms with van der Waals surface area (Å²) >= 11 is 0. The fourth-order valence-electron chi connectivity index (χ4n) is 7.91. The Balaban J connectivity index is 1.17. The monoisotopic (exact) mass is 509 g/mol. The van der Waals surface area contributed by atoms with E-state index in [-0.39, 0.29) is 29.9 Å². The van der Waals surface area contributed by atoms with Gasteiger partial charge in [-0.15, -0.1) is 0 Å². The molecule has 1 aromatic rings. The summed E-state index contributed by atoms with van der Waals surface area (Å²) in [5, 5.41) is 6.08. The second-order valence-electron chi connectivity index (χ2n) is 12.4. The summed E-state index contributed by atoms with van der Waals surface area (Å²) in [6, 6.07) is 7.61. The lowest BCUT2D eigenvalue weighted by Gasteiger charge is -2.57. The minimum Gasteiger partial charge on any atom is -0.450 e. The van der Waals surface area contributed by atoms with Gasteiger partial charge in [-0.1, -0.05) is 26.0 Å². The molecule has 1 saturated heterocycles. The molecule has 5 fully saturated rings. The molecule has 4 aliphatic carbocycles. The van der Waals surface area contributed by atoms with Crippen LogP contribution in [0, 0.1) is 23.7 Å². The van der Waals surface area contributed by atoms with Crippen LogP contribution in [0.1, 0.15) is 88.1 Å². The average molecular weight is 510 g/mol. The lowest BCUT2D eigenvalue weighted by Crippen LogP contribution is -2.54. The van der Waals surface area contributed by atoms with Crippen LogP contribution in [0.4, 0.5) is 4.79 Å². The number of piperidine rings is 1. The molecule has 0 unspecified atom stereocenters. The molecule has 7 heteroatoms. The molecule has 0 aromatic heterocycles. The number of carbonyl (C=O) groups is 3. The maximum absolute atomic E-state index is 13.1. The molecule has 2 N–H and O–H groups in total. The molecule has 202 valence electrons. The number of amides is 3. The minimum atomic E-state index is -0.613. The highest BCUT2D eigenvalue weighted by atomic mass is 16.6. The first kappa shape index (κ1) is 26.1. The molecular formula is C30H43N3O4. The van der Waals surface area contributed by atoms with Crippen LogP contribution in [0.2, 0.25) is 0 Å². The van der Waals surface area contributed by atoms with Crippen LogP contribution in [0.3, 0.4) is 0 Å². The summed E-state index contributed by atoms with van der Waals surface area (Å²) in [4.78, 5) is 39.9. The molecular weight excluding hydrogens is 466 g/mol. The van der Waals surface area contributed by atoms with E-state index in [1.54, 1.807) is 11.8 Å². The number of benzene rings is 1. The average Bonchev–Trinajstić information content (AvgIpc) is 2.86. The Morgan fingerprint density at radius 3 is 2.05 bits per heavy atom. The Labute approximate surface area is 221 Å². The third-order valence-corrected chi connectivity index (χ3v) is 9.40. The van der Waals surface area contributed by atoms with Gasteiger partial charge in [-0.2, -0.15) is 0 Å². The maximum atomic E-state index is 13.1. The van der Waals surface area contributed by atoms with E-state index in [4.69, 9.17) is 4.74 Å². The van der Waals surface area contributed by atoms with Crippen molar-refractivity contribution >= 4 is 17.9 Å². The minimum absolute atomic E-state index is 0.0177. The number of rotatable bonds is 7. The predicted molar refractivity (Wildman–Crippen MR) is 142 cm³/mol. The van der Waals surface area contributed by atoms with Crippen molar-refractivity contribution in [2.45, 2.75) is 89.6 Å². The number of carbonyl (C=O) groups excluding carboxylic acids is 3. The molecule has 3 amide bonds. The first-order valence-electron chi connectivity index (χ1n) is 14.4. The van der Waals surface area contributed by atoms with Crippen molar-refractivity contribution in [3.05, 3.63) is 35.4 Å². The Morgan fingerprint density at radius 2 is 1.54 bits per heavy atom. The molecule has 4 bridgehead atoms. The second-order valence-corrected chi connectivity index (χ2v) is 12.4. The van der Waals surface area contributed by atoms with Gasteiger partial charge in [-0.25, -0.2) is 4.79 Å². The number of ether oxygens (including phenoxy) is 1. The highest BCUT2D eigenvalue weighted by molar-refractivity contribution is 5.97. The predicted octanol–water partition coefficient (Wildman–Crippen LogP) is 4.65. The fourth-order valence-corrected chi connectivity index (χ4v) is 7.91. The van der Waals surface area contributed by atoms with Gasteiger partial charge in [-0.3, -0.25) is 9.59 Å². The SMILES string of the molecule is CCOC(=O)N1CCC(NC(=O)[C@@H](NC(=O)c2ccc(C34CC5CC(CC(C5)C3)C4)cc2)C(C)C)CC1. The number of hydrogen-bond donors (Lipinski definition) is 2. The topological polar surface area (TPSA) is 87.7 Å². The molecule has 1 atom stereocenters. The standard InChI is InChI=1S/C30H43N3O4/c1-4-37-29(36)33-11-9-25(10-12-33)31-28(35)26(19(2)3)32-27(34)23-5-7-24(8-6-23)30-16-20-13-21(17-30)15-22(14-20)18-30/h5-8,19-22,25-26H,4,9-18H2,1-3H3,(H,31,35)(H,32,34)/t20?,21?,22?,26-,30?/m0/s1. The molecule has 0 radical (unpaired) electrons. The zero-order valence-corrected chi connectivity index (χ0v) is 22.6. The zero-order valence-electron chi connectivity index (χ0n) is 22.6. The number of nitrogens with one attached hydrogen (secondary N) is 2. The third-order valence-electron chi connectivity index (χ3n) is 9.40. The molecule has 4 saturated carbocycles. The zero-order chi connectivity index (χ0) is 26.2. The van der Waals surface area contributed by atoms with E-state index in [9.17, 15) is 14.4 Å². The summed E-state index contributed by atoms with van der Waals surface area (Å²) in [6.07, 6.45) is 9.23. The lowest BCUT2D eigenvalue weighted by atomic mass is 9.48. The van der Waals surface area contributed by atoms with Gasteiger partial charge in [0.25, 0.3) is 5.91 Å². The lowest BCUT2D eigenvalue weighted by molar-refractivity contribution is -0.124. The van der Waals surface area contributed by atoms with Gasteiger partial charge < -0.3 is 20.3 Å². The smallest absolute Gasteiger partial charge is 0.409 e. The Kier molecular flexibility index (Phi) is 7.51. The van der Waals surface area contributed by atoms with E-state index < -0.39 is 6.04 Å². The summed E-state index contributed by atoms with van der Waals surface area (Å²) in [5.41, 5.74) is 2.32. The van der Waals surface area contributed by atoms with Gasteiger partial charge >= 0.3 is 6.09 Å². The van der Waals surface area contributed by atoms with Crippen molar-refractivity contribution in [3.63, 3.8) is 0 Å². The summed E-state index contributed by atoms with van der Waals surface area (Å²) in [6.45, 7) is 7.16. The molecule has 7 nitrogen and oxygen atoms in total. The van der Waals surface area contributed by atoms with Gasteiger partial charge in [0.15, 0.2) is 0 Å². The van der Waals surface area contributed by atoms with Crippen LogP contribution < -0.4 is 10.6 Å². The quantitative estimate of drug-likeness (QED) is 0.560. The first-order valence-corrected chi connectivity index (χ1v) is 14.4. The van der Waals surface area contributed by atoms with Crippen molar-refractivity contribution in [3.8, 4) is 0 Å². The largest absolute Gasteiger partial charge is 0.450 e.